The molecule has 2 atom stereocenters. The Morgan fingerprint density at radius 3 is 2.71 bits per heavy atom. The summed E-state index contributed by atoms with van der Waals surface area (Å²) >= 11 is 3.53. The van der Waals surface area contributed by atoms with Crippen molar-refractivity contribution in [2.24, 2.45) is 0 Å². The summed E-state index contributed by atoms with van der Waals surface area (Å²) in [5.74, 6) is 0. The van der Waals surface area contributed by atoms with Crippen LogP contribution < -0.4 is 5.32 Å². The van der Waals surface area contributed by atoms with Gasteiger partial charge in [-0.3, -0.25) is 4.90 Å². The maximum Gasteiger partial charge on any atom is 0.0403 e. The molecule has 0 radical (unpaired) electrons. The number of likely N-dealkylation sites (tertiary alicyclic amines) is 1. The molecular weight excluding hydrogens is 324 g/mol. The van der Waals surface area contributed by atoms with E-state index in [1.54, 1.807) is 0 Å². The fourth-order valence-electron chi connectivity index (χ4n) is 3.06. The van der Waals surface area contributed by atoms with Crippen LogP contribution in [0.3, 0.4) is 0 Å². The van der Waals surface area contributed by atoms with Crippen molar-refractivity contribution >= 4 is 21.6 Å². The molecule has 1 fully saturated rings. The first-order chi connectivity index (χ1) is 10.2. The Hall–Kier alpha value is -1.32. The molecule has 0 saturated carbocycles. The van der Waals surface area contributed by atoms with Crippen LogP contribution in [0.1, 0.15) is 18.9 Å². The summed E-state index contributed by atoms with van der Waals surface area (Å²) in [4.78, 5) is 2.56. The average molecular weight is 345 g/mol. The molecule has 1 saturated heterocycles. The zero-order chi connectivity index (χ0) is 14.7. The Kier molecular flexibility index (Phi) is 4.61. The Bertz CT molecular complexity index is 585. The molecule has 0 bridgehead atoms. The van der Waals surface area contributed by atoms with Crippen LogP contribution in [0.15, 0.2) is 59.1 Å². The molecule has 0 aromatic heterocycles. The minimum absolute atomic E-state index is 0.526. The van der Waals surface area contributed by atoms with E-state index in [2.05, 4.69) is 87.7 Å². The minimum atomic E-state index is 0.526. The first-order valence-electron chi connectivity index (χ1n) is 7.51. The quantitative estimate of drug-likeness (QED) is 0.876. The van der Waals surface area contributed by atoms with Crippen LogP contribution in [0.5, 0.6) is 0 Å². The highest BCUT2D eigenvalue weighted by atomic mass is 79.9. The van der Waals surface area contributed by atoms with E-state index in [0.717, 1.165) is 17.6 Å². The number of anilines is 1. The topological polar surface area (TPSA) is 15.3 Å². The van der Waals surface area contributed by atoms with Crippen molar-refractivity contribution < 1.29 is 0 Å². The van der Waals surface area contributed by atoms with Crippen LogP contribution >= 0.6 is 15.9 Å². The molecule has 0 amide bonds. The molecule has 2 aromatic rings. The fourth-order valence-corrected chi connectivity index (χ4v) is 3.45. The van der Waals surface area contributed by atoms with E-state index in [-0.39, 0.29) is 0 Å². The zero-order valence-electron chi connectivity index (χ0n) is 12.3. The molecule has 110 valence electrons. The summed E-state index contributed by atoms with van der Waals surface area (Å²) in [5, 5.41) is 3.66. The number of nitrogens with zero attached hydrogens (tertiary/aromatic N) is 1. The van der Waals surface area contributed by atoms with E-state index in [0.29, 0.717) is 12.1 Å². The standard InChI is InChI=1S/C18H21BrN2/c1-14-10-18(20-17-9-5-8-16(19)11-17)13-21(14)12-15-6-3-2-4-7-15/h2-9,11,14,18,20H,10,12-13H2,1H3. The summed E-state index contributed by atoms with van der Waals surface area (Å²) in [5.41, 5.74) is 2.59. The van der Waals surface area contributed by atoms with Gasteiger partial charge in [-0.15, -0.1) is 0 Å². The number of hydrogen-bond donors (Lipinski definition) is 1. The molecule has 1 N–H and O–H groups in total. The van der Waals surface area contributed by atoms with E-state index < -0.39 is 0 Å². The SMILES string of the molecule is CC1CC(Nc2cccc(Br)c2)CN1Cc1ccccc1. The van der Waals surface area contributed by atoms with E-state index in [1.165, 1.54) is 17.7 Å². The van der Waals surface area contributed by atoms with Crippen molar-refractivity contribution in [2.45, 2.75) is 32.0 Å². The predicted molar refractivity (Wildman–Crippen MR) is 92.5 cm³/mol. The lowest BCUT2D eigenvalue weighted by Gasteiger charge is -2.21. The van der Waals surface area contributed by atoms with Crippen molar-refractivity contribution in [3.05, 3.63) is 64.6 Å². The van der Waals surface area contributed by atoms with E-state index in [9.17, 15) is 0 Å². The highest BCUT2D eigenvalue weighted by Gasteiger charge is 2.28. The minimum Gasteiger partial charge on any atom is -0.381 e. The molecule has 2 unspecified atom stereocenters. The number of rotatable bonds is 4. The lowest BCUT2D eigenvalue weighted by atomic mass is 10.2. The van der Waals surface area contributed by atoms with Crippen LogP contribution in [0.2, 0.25) is 0 Å². The molecule has 1 aliphatic heterocycles. The van der Waals surface area contributed by atoms with Gasteiger partial charge in [0.25, 0.3) is 0 Å². The van der Waals surface area contributed by atoms with Crippen molar-refractivity contribution in [1.82, 2.24) is 4.90 Å². The first-order valence-corrected chi connectivity index (χ1v) is 8.30. The van der Waals surface area contributed by atoms with Gasteiger partial charge in [-0.25, -0.2) is 0 Å². The van der Waals surface area contributed by atoms with Gasteiger partial charge in [0.1, 0.15) is 0 Å². The molecule has 1 aliphatic rings. The van der Waals surface area contributed by atoms with Gasteiger partial charge in [0.2, 0.25) is 0 Å². The Morgan fingerprint density at radius 2 is 1.95 bits per heavy atom. The monoisotopic (exact) mass is 344 g/mol. The second kappa shape index (κ2) is 6.63. The van der Waals surface area contributed by atoms with Crippen LogP contribution in [0.4, 0.5) is 5.69 Å². The molecule has 2 nitrogen and oxygen atoms in total. The van der Waals surface area contributed by atoms with Crippen molar-refractivity contribution in [2.75, 3.05) is 11.9 Å². The van der Waals surface area contributed by atoms with E-state index in [4.69, 9.17) is 0 Å². The Balaban J connectivity index is 1.61. The highest BCUT2D eigenvalue weighted by molar-refractivity contribution is 9.10. The maximum atomic E-state index is 3.66. The highest BCUT2D eigenvalue weighted by Crippen LogP contribution is 2.24. The average Bonchev–Trinajstić information content (AvgIpc) is 2.80. The van der Waals surface area contributed by atoms with E-state index >= 15 is 0 Å². The van der Waals surface area contributed by atoms with Crippen LogP contribution in [-0.2, 0) is 6.54 Å². The predicted octanol–water partition coefficient (Wildman–Crippen LogP) is 4.52. The zero-order valence-corrected chi connectivity index (χ0v) is 13.9. The Labute approximate surface area is 135 Å². The number of nitrogens with one attached hydrogen (secondary N) is 1. The molecule has 1 heterocycles. The van der Waals surface area contributed by atoms with Crippen LogP contribution in [-0.4, -0.2) is 23.5 Å². The smallest absolute Gasteiger partial charge is 0.0403 e. The summed E-state index contributed by atoms with van der Waals surface area (Å²) in [6.45, 7) is 4.47. The van der Waals surface area contributed by atoms with Gasteiger partial charge in [-0.1, -0.05) is 52.3 Å². The molecule has 3 rings (SSSR count). The molecule has 3 heteroatoms. The molecule has 0 spiro atoms. The van der Waals surface area contributed by atoms with Crippen molar-refractivity contribution in [3.8, 4) is 0 Å². The van der Waals surface area contributed by atoms with Crippen LogP contribution in [0.25, 0.3) is 0 Å². The third-order valence-electron chi connectivity index (χ3n) is 4.13. The van der Waals surface area contributed by atoms with Gasteiger partial charge >= 0.3 is 0 Å². The third kappa shape index (κ3) is 3.86. The largest absolute Gasteiger partial charge is 0.381 e. The van der Waals surface area contributed by atoms with Gasteiger partial charge in [-0.2, -0.15) is 0 Å². The second-order valence-electron chi connectivity index (χ2n) is 5.85. The summed E-state index contributed by atoms with van der Waals surface area (Å²) in [6.07, 6.45) is 1.19. The molecule has 2 aromatic carbocycles. The first kappa shape index (κ1) is 14.6. The van der Waals surface area contributed by atoms with Gasteiger partial charge in [0, 0.05) is 35.3 Å². The summed E-state index contributed by atoms with van der Waals surface area (Å²) in [6, 6.07) is 20.3. The summed E-state index contributed by atoms with van der Waals surface area (Å²) in [7, 11) is 0. The van der Waals surface area contributed by atoms with Gasteiger partial charge in [0.15, 0.2) is 0 Å². The van der Waals surface area contributed by atoms with Gasteiger partial charge in [0.05, 0.1) is 0 Å². The van der Waals surface area contributed by atoms with Crippen LogP contribution in [0, 0.1) is 0 Å². The lowest BCUT2D eigenvalue weighted by Crippen LogP contribution is -2.28. The number of hydrogen-bond acceptors (Lipinski definition) is 2. The normalized spacial score (nSPS) is 22.4. The van der Waals surface area contributed by atoms with Gasteiger partial charge < -0.3 is 5.32 Å². The van der Waals surface area contributed by atoms with E-state index in [1.807, 2.05) is 0 Å². The maximum absolute atomic E-state index is 3.66. The molecule has 0 aliphatic carbocycles. The molecular formula is C18H21BrN2. The van der Waals surface area contributed by atoms with Crippen molar-refractivity contribution in [3.63, 3.8) is 0 Å². The molecule has 21 heavy (non-hydrogen) atoms. The fraction of sp³-hybridized carbons (Fsp3) is 0.333. The van der Waals surface area contributed by atoms with Crippen molar-refractivity contribution in [1.29, 1.82) is 0 Å². The number of benzene rings is 2. The Morgan fingerprint density at radius 1 is 1.14 bits per heavy atom. The third-order valence-corrected chi connectivity index (χ3v) is 4.62. The van der Waals surface area contributed by atoms with Gasteiger partial charge in [-0.05, 0) is 37.1 Å². The summed E-state index contributed by atoms with van der Waals surface area (Å²) < 4.78 is 1.12. The lowest BCUT2D eigenvalue weighted by molar-refractivity contribution is 0.259. The second-order valence-corrected chi connectivity index (χ2v) is 6.77. The number of halogens is 1.